The Labute approximate surface area is 248 Å². The molecule has 1 aliphatic carbocycles. The first-order valence-corrected chi connectivity index (χ1v) is 14.8. The zero-order valence-electron chi connectivity index (χ0n) is 23.8. The predicted molar refractivity (Wildman–Crippen MR) is 168 cm³/mol. The molecule has 42 heavy (non-hydrogen) atoms. The van der Waals surface area contributed by atoms with Gasteiger partial charge in [-0.15, -0.1) is 0 Å². The molecular weight excluding hydrogens is 524 g/mol. The average molecular weight is 563 g/mol. The number of carboxylic acids is 1. The summed E-state index contributed by atoms with van der Waals surface area (Å²) in [7, 11) is 0. The van der Waals surface area contributed by atoms with Gasteiger partial charge in [0.1, 0.15) is 18.4 Å². The van der Waals surface area contributed by atoms with Gasteiger partial charge in [0.15, 0.2) is 5.78 Å². The maximum Gasteiger partial charge on any atom is 0.326 e. The van der Waals surface area contributed by atoms with E-state index >= 15 is 0 Å². The zero-order chi connectivity index (χ0) is 29.1. The number of ketones is 1. The lowest BCUT2D eigenvalue weighted by Crippen LogP contribution is -2.32. The average Bonchev–Trinajstić information content (AvgIpc) is 3.55. The first-order chi connectivity index (χ1) is 20.6. The van der Waals surface area contributed by atoms with Crippen molar-refractivity contribution in [3.8, 4) is 5.75 Å². The van der Waals surface area contributed by atoms with E-state index in [0.717, 1.165) is 30.3 Å². The van der Waals surface area contributed by atoms with Crippen LogP contribution in [0.15, 0.2) is 109 Å². The van der Waals surface area contributed by atoms with E-state index in [1.54, 1.807) is 36.4 Å². The SMILES string of the molecule is O=C(c1ccccc1)c1ccccc1N[C@@H](Cc1ccc(OCCN(CC2CCCC2)c2ccccc2)cc1)C(=O)O. The molecule has 1 saturated carbocycles. The molecule has 6 heteroatoms. The van der Waals surface area contributed by atoms with Crippen LogP contribution in [-0.4, -0.2) is 42.6 Å². The lowest BCUT2D eigenvalue weighted by Gasteiger charge is -2.28. The molecule has 216 valence electrons. The molecule has 4 aromatic carbocycles. The highest BCUT2D eigenvalue weighted by molar-refractivity contribution is 6.12. The smallest absolute Gasteiger partial charge is 0.326 e. The molecule has 0 bridgehead atoms. The number of hydrogen-bond donors (Lipinski definition) is 2. The predicted octanol–water partition coefficient (Wildman–Crippen LogP) is 7.10. The highest BCUT2D eigenvalue weighted by Crippen LogP contribution is 2.27. The number of nitrogens with one attached hydrogen (secondary N) is 1. The lowest BCUT2D eigenvalue weighted by atomic mass is 10.00. The number of ether oxygens (including phenoxy) is 1. The van der Waals surface area contributed by atoms with Gasteiger partial charge in [-0.2, -0.15) is 0 Å². The van der Waals surface area contributed by atoms with Crippen molar-refractivity contribution < 1.29 is 19.4 Å². The van der Waals surface area contributed by atoms with Crippen molar-refractivity contribution in [1.82, 2.24) is 0 Å². The quantitative estimate of drug-likeness (QED) is 0.160. The van der Waals surface area contributed by atoms with Crippen molar-refractivity contribution in [2.75, 3.05) is 29.9 Å². The number of carboxylic acid groups (broad SMARTS) is 1. The van der Waals surface area contributed by atoms with Gasteiger partial charge in [0.2, 0.25) is 0 Å². The van der Waals surface area contributed by atoms with Gasteiger partial charge in [0, 0.05) is 35.5 Å². The van der Waals surface area contributed by atoms with E-state index in [4.69, 9.17) is 4.74 Å². The number of para-hydroxylation sites is 2. The topological polar surface area (TPSA) is 78.9 Å². The second-order valence-corrected chi connectivity index (χ2v) is 10.9. The summed E-state index contributed by atoms with van der Waals surface area (Å²) in [4.78, 5) is 27.7. The van der Waals surface area contributed by atoms with Crippen LogP contribution in [0.25, 0.3) is 0 Å². The molecule has 0 amide bonds. The van der Waals surface area contributed by atoms with Crippen LogP contribution in [0.3, 0.4) is 0 Å². The summed E-state index contributed by atoms with van der Waals surface area (Å²) in [6.45, 7) is 2.41. The van der Waals surface area contributed by atoms with Crippen molar-refractivity contribution >= 4 is 23.1 Å². The molecule has 1 atom stereocenters. The Morgan fingerprint density at radius 1 is 0.833 bits per heavy atom. The Bertz CT molecular complexity index is 1430. The molecule has 1 aliphatic rings. The van der Waals surface area contributed by atoms with Crippen LogP contribution in [0.5, 0.6) is 5.75 Å². The Hall–Kier alpha value is -4.58. The third-order valence-corrected chi connectivity index (χ3v) is 7.90. The van der Waals surface area contributed by atoms with Crippen LogP contribution in [0.4, 0.5) is 11.4 Å². The minimum Gasteiger partial charge on any atom is -0.492 e. The van der Waals surface area contributed by atoms with Gasteiger partial charge in [0.05, 0.1) is 6.54 Å². The number of rotatable bonds is 14. The number of carbonyl (C=O) groups excluding carboxylic acids is 1. The van der Waals surface area contributed by atoms with Crippen LogP contribution in [0.1, 0.15) is 47.2 Å². The van der Waals surface area contributed by atoms with Crippen molar-refractivity contribution in [2.24, 2.45) is 5.92 Å². The van der Waals surface area contributed by atoms with Crippen molar-refractivity contribution in [3.63, 3.8) is 0 Å². The number of anilines is 2. The molecule has 0 unspecified atom stereocenters. The maximum atomic E-state index is 13.1. The number of hydrogen-bond acceptors (Lipinski definition) is 5. The standard InChI is InChI=1S/C36H38N2O4/c39-35(29-13-3-1-4-14-29)32-17-9-10-18-33(32)37-34(36(40)41)25-27-19-21-31(22-20-27)42-24-23-38(26-28-11-7-8-12-28)30-15-5-2-6-16-30/h1-6,9-10,13-22,28,34,37H,7-8,11-12,23-26H2,(H,40,41)/t34-/m0/s1. The molecule has 4 aromatic rings. The Morgan fingerprint density at radius 2 is 1.48 bits per heavy atom. The van der Waals surface area contributed by atoms with Gasteiger partial charge in [-0.25, -0.2) is 4.79 Å². The summed E-state index contributed by atoms with van der Waals surface area (Å²) < 4.78 is 6.10. The summed E-state index contributed by atoms with van der Waals surface area (Å²) in [6, 6.07) is 33.2. The molecular formula is C36H38N2O4. The van der Waals surface area contributed by atoms with E-state index in [0.29, 0.717) is 23.4 Å². The van der Waals surface area contributed by atoms with Gasteiger partial charge >= 0.3 is 5.97 Å². The molecule has 0 spiro atoms. The molecule has 0 heterocycles. The molecule has 0 saturated heterocycles. The van der Waals surface area contributed by atoms with E-state index < -0.39 is 12.0 Å². The van der Waals surface area contributed by atoms with E-state index in [-0.39, 0.29) is 12.2 Å². The van der Waals surface area contributed by atoms with E-state index in [9.17, 15) is 14.7 Å². The lowest BCUT2D eigenvalue weighted by molar-refractivity contribution is -0.137. The monoisotopic (exact) mass is 562 g/mol. The second-order valence-electron chi connectivity index (χ2n) is 10.9. The summed E-state index contributed by atoms with van der Waals surface area (Å²) in [5.74, 6) is 0.355. The van der Waals surface area contributed by atoms with Gasteiger partial charge in [-0.05, 0) is 60.7 Å². The van der Waals surface area contributed by atoms with E-state index in [2.05, 4.69) is 34.5 Å². The van der Waals surface area contributed by atoms with Crippen molar-refractivity contribution in [3.05, 3.63) is 126 Å². The highest BCUT2D eigenvalue weighted by Gasteiger charge is 2.22. The van der Waals surface area contributed by atoms with E-state index in [1.165, 1.54) is 31.4 Å². The third kappa shape index (κ3) is 7.78. The van der Waals surface area contributed by atoms with Gasteiger partial charge in [-0.3, -0.25) is 4.79 Å². The fourth-order valence-corrected chi connectivity index (χ4v) is 5.64. The first-order valence-electron chi connectivity index (χ1n) is 14.8. The minimum absolute atomic E-state index is 0.154. The summed E-state index contributed by atoms with van der Waals surface area (Å²) in [6.07, 6.45) is 5.51. The van der Waals surface area contributed by atoms with Gasteiger partial charge < -0.3 is 20.1 Å². The van der Waals surface area contributed by atoms with Crippen LogP contribution in [0.2, 0.25) is 0 Å². The summed E-state index contributed by atoms with van der Waals surface area (Å²) in [5, 5.41) is 13.1. The Morgan fingerprint density at radius 3 is 2.17 bits per heavy atom. The number of benzene rings is 4. The van der Waals surface area contributed by atoms with Crippen LogP contribution < -0.4 is 15.0 Å². The minimum atomic E-state index is -0.986. The summed E-state index contributed by atoms with van der Waals surface area (Å²) >= 11 is 0. The second kappa shape index (κ2) is 14.4. The molecule has 0 aliphatic heterocycles. The largest absolute Gasteiger partial charge is 0.492 e. The van der Waals surface area contributed by atoms with Gasteiger partial charge in [-0.1, -0.05) is 85.6 Å². The normalized spacial score (nSPS) is 13.8. The molecule has 2 N–H and O–H groups in total. The zero-order valence-corrected chi connectivity index (χ0v) is 23.8. The summed E-state index contributed by atoms with van der Waals surface area (Å²) in [5.41, 5.74) is 3.58. The van der Waals surface area contributed by atoms with Crippen LogP contribution >= 0.6 is 0 Å². The molecule has 0 radical (unpaired) electrons. The molecule has 0 aromatic heterocycles. The number of carbonyl (C=O) groups is 2. The molecule has 1 fully saturated rings. The van der Waals surface area contributed by atoms with Crippen molar-refractivity contribution in [2.45, 2.75) is 38.1 Å². The maximum absolute atomic E-state index is 13.1. The Kier molecular flexibility index (Phi) is 9.89. The highest BCUT2D eigenvalue weighted by atomic mass is 16.5. The van der Waals surface area contributed by atoms with E-state index in [1.807, 2.05) is 48.5 Å². The van der Waals surface area contributed by atoms with Gasteiger partial charge in [0.25, 0.3) is 0 Å². The molecule has 6 nitrogen and oxygen atoms in total. The fraction of sp³-hybridized carbons (Fsp3) is 0.278. The van der Waals surface area contributed by atoms with Crippen molar-refractivity contribution in [1.29, 1.82) is 0 Å². The van der Waals surface area contributed by atoms with Crippen LogP contribution in [-0.2, 0) is 11.2 Å². The number of nitrogens with zero attached hydrogens (tertiary/aromatic N) is 1. The third-order valence-electron chi connectivity index (χ3n) is 7.90. The fourth-order valence-electron chi connectivity index (χ4n) is 5.64. The molecule has 5 rings (SSSR count). The first kappa shape index (κ1) is 28.9. The number of aliphatic carboxylic acids is 1. The van der Waals surface area contributed by atoms with Crippen LogP contribution in [0, 0.1) is 5.92 Å². The Balaban J connectivity index is 1.19.